The Morgan fingerprint density at radius 1 is 1.39 bits per heavy atom. The number of oxime groups is 1. The molecule has 0 spiro atoms. The van der Waals surface area contributed by atoms with E-state index in [4.69, 9.17) is 19.0 Å². The van der Waals surface area contributed by atoms with Crippen molar-refractivity contribution in [3.8, 4) is 5.75 Å². The average molecular weight is 454 g/mol. The maximum Gasteiger partial charge on any atom is 0.347 e. The van der Waals surface area contributed by atoms with Gasteiger partial charge in [0.25, 0.3) is 0 Å². The van der Waals surface area contributed by atoms with Crippen molar-refractivity contribution < 1.29 is 23.8 Å². The fourth-order valence-corrected chi connectivity index (χ4v) is 3.71. The smallest absolute Gasteiger partial charge is 0.347 e. The first-order valence-electron chi connectivity index (χ1n) is 9.98. The number of halogens is 1. The monoisotopic (exact) mass is 453 g/mol. The molecule has 0 aromatic heterocycles. The first-order valence-corrected chi connectivity index (χ1v) is 10.8. The van der Waals surface area contributed by atoms with Crippen molar-refractivity contribution in [2.75, 3.05) is 20.3 Å². The Labute approximate surface area is 174 Å². The van der Waals surface area contributed by atoms with E-state index in [2.05, 4.69) is 28.0 Å². The third-order valence-electron chi connectivity index (χ3n) is 5.23. The van der Waals surface area contributed by atoms with Crippen LogP contribution < -0.4 is 4.74 Å². The van der Waals surface area contributed by atoms with Gasteiger partial charge < -0.3 is 19.0 Å². The van der Waals surface area contributed by atoms with Crippen molar-refractivity contribution in [1.82, 2.24) is 0 Å². The van der Waals surface area contributed by atoms with Gasteiger partial charge in [0.1, 0.15) is 24.2 Å². The number of hydrogen-bond donors (Lipinski definition) is 0. The molecular weight excluding hydrogens is 426 g/mol. The molecule has 1 aromatic rings. The predicted octanol–water partition coefficient (Wildman–Crippen LogP) is 4.48. The summed E-state index contributed by atoms with van der Waals surface area (Å²) in [4.78, 5) is 17.6. The number of unbranched alkanes of at least 4 members (excludes halogenated alkanes) is 1. The molecule has 0 amide bonds. The highest BCUT2D eigenvalue weighted by Crippen LogP contribution is 2.34. The first kappa shape index (κ1) is 21.1. The molecule has 0 N–H and O–H groups in total. The summed E-state index contributed by atoms with van der Waals surface area (Å²) in [6.07, 6.45) is 5.33. The van der Waals surface area contributed by atoms with E-state index in [0.29, 0.717) is 37.0 Å². The Bertz CT molecular complexity index is 704. The standard InChI is InChI=1S/C21H28BrNO5/c1-3-4-10-26-19-13-27-23-20(19)16-12-15(22)8-9-17(16)28-18(21(24)25-2)11-14-6-5-7-14/h8-9,12,14,18-19H,3-7,10-11,13H2,1-2H3. The zero-order chi connectivity index (χ0) is 19.9. The van der Waals surface area contributed by atoms with Crippen LogP contribution in [0.2, 0.25) is 0 Å². The molecule has 7 heteroatoms. The summed E-state index contributed by atoms with van der Waals surface area (Å²) in [5, 5.41) is 4.20. The van der Waals surface area contributed by atoms with E-state index in [1.165, 1.54) is 13.5 Å². The van der Waals surface area contributed by atoms with Crippen LogP contribution in [0.15, 0.2) is 27.8 Å². The number of carbonyl (C=O) groups is 1. The summed E-state index contributed by atoms with van der Waals surface area (Å²) in [5.41, 5.74) is 1.47. The van der Waals surface area contributed by atoms with Gasteiger partial charge in [-0.15, -0.1) is 0 Å². The number of esters is 1. The minimum absolute atomic E-state index is 0.244. The van der Waals surface area contributed by atoms with E-state index >= 15 is 0 Å². The molecule has 0 radical (unpaired) electrons. The van der Waals surface area contributed by atoms with E-state index in [9.17, 15) is 4.79 Å². The summed E-state index contributed by atoms with van der Waals surface area (Å²) in [7, 11) is 1.40. The molecule has 0 bridgehead atoms. The van der Waals surface area contributed by atoms with Crippen LogP contribution >= 0.6 is 15.9 Å². The van der Waals surface area contributed by atoms with E-state index < -0.39 is 6.10 Å². The molecular formula is C21H28BrNO5. The molecule has 1 aliphatic heterocycles. The molecule has 154 valence electrons. The average Bonchev–Trinajstić information content (AvgIpc) is 3.12. The second-order valence-electron chi connectivity index (χ2n) is 7.29. The topological polar surface area (TPSA) is 66.3 Å². The molecule has 1 heterocycles. The first-order chi connectivity index (χ1) is 13.6. The van der Waals surface area contributed by atoms with Gasteiger partial charge in [0.05, 0.1) is 7.11 Å². The van der Waals surface area contributed by atoms with Crippen LogP contribution in [0.4, 0.5) is 0 Å². The second-order valence-corrected chi connectivity index (χ2v) is 8.20. The Balaban J connectivity index is 1.80. The Morgan fingerprint density at radius 3 is 2.89 bits per heavy atom. The van der Waals surface area contributed by atoms with Crippen LogP contribution in [0.3, 0.4) is 0 Å². The highest BCUT2D eigenvalue weighted by atomic mass is 79.9. The highest BCUT2D eigenvalue weighted by Gasteiger charge is 2.32. The molecule has 1 aromatic carbocycles. The number of rotatable bonds is 10. The van der Waals surface area contributed by atoms with Gasteiger partial charge in [0, 0.05) is 16.6 Å². The molecule has 3 rings (SSSR count). The third kappa shape index (κ3) is 5.26. The van der Waals surface area contributed by atoms with Gasteiger partial charge in [-0.3, -0.25) is 0 Å². The van der Waals surface area contributed by atoms with Gasteiger partial charge in [-0.05, 0) is 37.0 Å². The number of hydrogen-bond acceptors (Lipinski definition) is 6. The summed E-state index contributed by atoms with van der Waals surface area (Å²) in [5.74, 6) is 0.757. The summed E-state index contributed by atoms with van der Waals surface area (Å²) in [6.45, 7) is 3.16. The number of carbonyl (C=O) groups excluding carboxylic acids is 1. The Morgan fingerprint density at radius 2 is 2.21 bits per heavy atom. The van der Waals surface area contributed by atoms with Gasteiger partial charge in [0.2, 0.25) is 0 Å². The van der Waals surface area contributed by atoms with E-state index in [1.54, 1.807) is 0 Å². The van der Waals surface area contributed by atoms with Crippen molar-refractivity contribution in [1.29, 1.82) is 0 Å². The molecule has 2 atom stereocenters. The van der Waals surface area contributed by atoms with Crippen molar-refractivity contribution in [3.63, 3.8) is 0 Å². The van der Waals surface area contributed by atoms with Crippen LogP contribution in [-0.2, 0) is 19.1 Å². The highest BCUT2D eigenvalue weighted by molar-refractivity contribution is 9.10. The van der Waals surface area contributed by atoms with Crippen molar-refractivity contribution in [2.24, 2.45) is 11.1 Å². The predicted molar refractivity (Wildman–Crippen MR) is 110 cm³/mol. The second kappa shape index (κ2) is 10.3. The maximum absolute atomic E-state index is 12.3. The number of benzene rings is 1. The lowest BCUT2D eigenvalue weighted by Crippen LogP contribution is -2.33. The van der Waals surface area contributed by atoms with Crippen LogP contribution in [0, 0.1) is 5.92 Å². The minimum atomic E-state index is -0.627. The van der Waals surface area contributed by atoms with Crippen LogP contribution in [0.25, 0.3) is 0 Å². The SMILES string of the molecule is CCCCOC1CON=C1c1cc(Br)ccc1OC(CC1CCC1)C(=O)OC. The molecule has 1 saturated carbocycles. The Hall–Kier alpha value is -1.60. The van der Waals surface area contributed by atoms with E-state index in [1.807, 2.05) is 18.2 Å². The van der Waals surface area contributed by atoms with Gasteiger partial charge in [-0.25, -0.2) is 4.79 Å². The lowest BCUT2D eigenvalue weighted by molar-refractivity contribution is -0.150. The van der Waals surface area contributed by atoms with E-state index in [0.717, 1.165) is 35.7 Å². The van der Waals surface area contributed by atoms with Crippen molar-refractivity contribution in [3.05, 3.63) is 28.2 Å². The summed E-state index contributed by atoms with van der Waals surface area (Å²) < 4.78 is 18.0. The number of nitrogens with zero attached hydrogens (tertiary/aromatic N) is 1. The van der Waals surface area contributed by atoms with Crippen LogP contribution in [0.1, 0.15) is 51.0 Å². The lowest BCUT2D eigenvalue weighted by atomic mass is 9.81. The number of methoxy groups -OCH3 is 1. The normalized spacial score (nSPS) is 20.1. The molecule has 1 aliphatic carbocycles. The maximum atomic E-state index is 12.3. The Kier molecular flexibility index (Phi) is 7.73. The van der Waals surface area contributed by atoms with Crippen molar-refractivity contribution in [2.45, 2.75) is 57.7 Å². The summed E-state index contributed by atoms with van der Waals surface area (Å²) >= 11 is 3.51. The molecule has 6 nitrogen and oxygen atoms in total. The largest absolute Gasteiger partial charge is 0.478 e. The zero-order valence-corrected chi connectivity index (χ0v) is 18.1. The lowest BCUT2D eigenvalue weighted by Gasteiger charge is -2.29. The van der Waals surface area contributed by atoms with Gasteiger partial charge in [0.15, 0.2) is 6.10 Å². The molecule has 2 unspecified atom stereocenters. The molecule has 1 fully saturated rings. The van der Waals surface area contributed by atoms with Crippen molar-refractivity contribution >= 4 is 27.6 Å². The zero-order valence-electron chi connectivity index (χ0n) is 16.5. The van der Waals surface area contributed by atoms with E-state index in [-0.39, 0.29) is 12.1 Å². The van der Waals surface area contributed by atoms with Crippen LogP contribution in [0.5, 0.6) is 5.75 Å². The minimum Gasteiger partial charge on any atom is -0.478 e. The fraction of sp³-hybridized carbons (Fsp3) is 0.619. The molecule has 0 saturated heterocycles. The quantitative estimate of drug-likeness (QED) is 0.385. The van der Waals surface area contributed by atoms with Gasteiger partial charge >= 0.3 is 5.97 Å². The molecule has 2 aliphatic rings. The molecule has 28 heavy (non-hydrogen) atoms. The number of ether oxygens (including phenoxy) is 3. The van der Waals surface area contributed by atoms with Crippen LogP contribution in [-0.4, -0.2) is 44.2 Å². The van der Waals surface area contributed by atoms with Gasteiger partial charge in [-0.1, -0.05) is 53.7 Å². The third-order valence-corrected chi connectivity index (χ3v) is 5.73. The fourth-order valence-electron chi connectivity index (χ4n) is 3.35. The summed E-state index contributed by atoms with van der Waals surface area (Å²) in [6, 6.07) is 5.66. The van der Waals surface area contributed by atoms with Gasteiger partial charge in [-0.2, -0.15) is 0 Å².